The molecule has 0 radical (unpaired) electrons. The molecule has 0 fully saturated rings. The van der Waals surface area contributed by atoms with Gasteiger partial charge in [-0.05, 0) is 49.2 Å². The van der Waals surface area contributed by atoms with E-state index in [4.69, 9.17) is 0 Å². The fourth-order valence-electron chi connectivity index (χ4n) is 2.47. The number of benzene rings is 1. The van der Waals surface area contributed by atoms with E-state index in [0.29, 0.717) is 11.3 Å². The predicted octanol–water partition coefficient (Wildman–Crippen LogP) is 2.25. The van der Waals surface area contributed by atoms with Crippen LogP contribution < -0.4 is 10.9 Å². The molecule has 23 heavy (non-hydrogen) atoms. The lowest BCUT2D eigenvalue weighted by atomic mass is 10.1. The summed E-state index contributed by atoms with van der Waals surface area (Å²) in [6.45, 7) is 4.00. The third-order valence-corrected chi connectivity index (χ3v) is 3.55. The molecule has 2 aromatic heterocycles. The number of amides is 2. The third-order valence-electron chi connectivity index (χ3n) is 3.55. The number of carbonyl (C=O) groups is 2. The van der Waals surface area contributed by atoms with E-state index in [1.54, 1.807) is 24.4 Å². The molecule has 0 saturated heterocycles. The Morgan fingerprint density at radius 2 is 1.87 bits per heavy atom. The molecule has 3 N–H and O–H groups in total. The zero-order valence-corrected chi connectivity index (χ0v) is 12.8. The minimum absolute atomic E-state index is 0.371. The number of pyridine rings is 1. The Bertz CT molecular complexity index is 884. The molecule has 0 atom stereocenters. The normalized spacial score (nSPS) is 10.5. The fraction of sp³-hybridized carbons (Fsp3) is 0.118. The van der Waals surface area contributed by atoms with Crippen LogP contribution in [-0.2, 0) is 0 Å². The van der Waals surface area contributed by atoms with E-state index >= 15 is 0 Å². The first-order valence-electron chi connectivity index (χ1n) is 7.15. The van der Waals surface area contributed by atoms with Gasteiger partial charge in [-0.2, -0.15) is 0 Å². The van der Waals surface area contributed by atoms with Gasteiger partial charge < -0.3 is 4.98 Å². The van der Waals surface area contributed by atoms with Gasteiger partial charge in [0.15, 0.2) is 0 Å². The molecule has 6 heteroatoms. The summed E-state index contributed by atoms with van der Waals surface area (Å²) in [6.07, 6.45) is 3.00. The Morgan fingerprint density at radius 1 is 1.09 bits per heavy atom. The maximum absolute atomic E-state index is 12.2. The molecule has 0 spiro atoms. The second-order valence-electron chi connectivity index (χ2n) is 5.38. The number of H-pyrrole nitrogens is 1. The summed E-state index contributed by atoms with van der Waals surface area (Å²) in [5.74, 6) is -0.829. The molecule has 1 aromatic carbocycles. The lowest BCUT2D eigenvalue weighted by molar-refractivity contribution is 0.0844. The van der Waals surface area contributed by atoms with E-state index < -0.39 is 11.8 Å². The van der Waals surface area contributed by atoms with Crippen LogP contribution in [0.3, 0.4) is 0 Å². The zero-order chi connectivity index (χ0) is 16.4. The molecule has 0 saturated carbocycles. The van der Waals surface area contributed by atoms with Crippen LogP contribution >= 0.6 is 0 Å². The van der Waals surface area contributed by atoms with Crippen LogP contribution in [0.4, 0.5) is 0 Å². The van der Waals surface area contributed by atoms with Crippen molar-refractivity contribution in [3.8, 4) is 0 Å². The van der Waals surface area contributed by atoms with Gasteiger partial charge >= 0.3 is 0 Å². The van der Waals surface area contributed by atoms with Crippen molar-refractivity contribution in [2.24, 2.45) is 0 Å². The average Bonchev–Trinajstić information content (AvgIpc) is 2.97. The zero-order valence-electron chi connectivity index (χ0n) is 12.8. The van der Waals surface area contributed by atoms with Crippen molar-refractivity contribution in [1.29, 1.82) is 0 Å². The van der Waals surface area contributed by atoms with Gasteiger partial charge in [0, 0.05) is 23.3 Å². The van der Waals surface area contributed by atoms with Crippen molar-refractivity contribution in [1.82, 2.24) is 20.8 Å². The molecule has 0 aliphatic heterocycles. The first kappa shape index (κ1) is 14.8. The number of rotatable bonds is 2. The smallest absolute Gasteiger partial charge is 0.286 e. The van der Waals surface area contributed by atoms with Gasteiger partial charge in [-0.25, -0.2) is 0 Å². The second-order valence-corrected chi connectivity index (χ2v) is 5.38. The number of fused-ring (bicyclic) bond motifs is 1. The molecule has 0 unspecified atom stereocenters. The van der Waals surface area contributed by atoms with Gasteiger partial charge in [-0.1, -0.05) is 6.07 Å². The van der Waals surface area contributed by atoms with E-state index in [0.717, 1.165) is 22.0 Å². The summed E-state index contributed by atoms with van der Waals surface area (Å²) < 4.78 is 0. The number of aromatic nitrogens is 2. The van der Waals surface area contributed by atoms with E-state index in [-0.39, 0.29) is 0 Å². The van der Waals surface area contributed by atoms with E-state index in [2.05, 4.69) is 26.9 Å². The predicted molar refractivity (Wildman–Crippen MR) is 86.9 cm³/mol. The highest BCUT2D eigenvalue weighted by Gasteiger charge is 2.12. The lowest BCUT2D eigenvalue weighted by Crippen LogP contribution is -2.41. The number of hydrogen-bond donors (Lipinski definition) is 3. The highest BCUT2D eigenvalue weighted by Crippen LogP contribution is 2.21. The molecule has 2 heterocycles. The van der Waals surface area contributed by atoms with Crippen LogP contribution in [0.2, 0.25) is 0 Å². The maximum Gasteiger partial charge on any atom is 0.286 e. The summed E-state index contributed by atoms with van der Waals surface area (Å²) >= 11 is 0. The van der Waals surface area contributed by atoms with Gasteiger partial charge in [0.25, 0.3) is 11.8 Å². The Hall–Kier alpha value is -3.15. The van der Waals surface area contributed by atoms with Crippen molar-refractivity contribution in [3.05, 3.63) is 65.1 Å². The summed E-state index contributed by atoms with van der Waals surface area (Å²) in [7, 11) is 0. The Labute approximate surface area is 132 Å². The Kier molecular flexibility index (Phi) is 3.80. The summed E-state index contributed by atoms with van der Waals surface area (Å²) in [4.78, 5) is 31.0. The molecular weight excluding hydrogens is 292 g/mol. The van der Waals surface area contributed by atoms with Crippen molar-refractivity contribution in [3.63, 3.8) is 0 Å². The van der Waals surface area contributed by atoms with Crippen molar-refractivity contribution < 1.29 is 9.59 Å². The van der Waals surface area contributed by atoms with E-state index in [1.165, 1.54) is 6.20 Å². The number of nitrogens with one attached hydrogen (secondary N) is 3. The summed E-state index contributed by atoms with van der Waals surface area (Å²) in [6, 6.07) is 9.08. The molecule has 6 nitrogen and oxygen atoms in total. The molecule has 116 valence electrons. The second kappa shape index (κ2) is 5.92. The summed E-state index contributed by atoms with van der Waals surface area (Å²) in [5, 5.41) is 0.985. The van der Waals surface area contributed by atoms with Crippen LogP contribution in [-0.4, -0.2) is 21.8 Å². The fourth-order valence-corrected chi connectivity index (χ4v) is 2.47. The number of hydrogen-bond acceptors (Lipinski definition) is 3. The highest BCUT2D eigenvalue weighted by atomic mass is 16.2. The van der Waals surface area contributed by atoms with Crippen LogP contribution in [0.25, 0.3) is 10.9 Å². The molecule has 3 rings (SSSR count). The Morgan fingerprint density at radius 3 is 2.61 bits per heavy atom. The first-order valence-corrected chi connectivity index (χ1v) is 7.15. The SMILES string of the molecule is Cc1cc(C)c2cc(C(=O)NNC(=O)c3cccnc3)[nH]c2c1. The van der Waals surface area contributed by atoms with Gasteiger partial charge in [0.05, 0.1) is 5.56 Å². The van der Waals surface area contributed by atoms with E-state index in [1.807, 2.05) is 19.9 Å². The van der Waals surface area contributed by atoms with Crippen molar-refractivity contribution in [2.75, 3.05) is 0 Å². The topological polar surface area (TPSA) is 86.9 Å². The van der Waals surface area contributed by atoms with Gasteiger partial charge in [-0.3, -0.25) is 25.4 Å². The van der Waals surface area contributed by atoms with Crippen LogP contribution in [0.15, 0.2) is 42.7 Å². The van der Waals surface area contributed by atoms with Gasteiger partial charge in [-0.15, -0.1) is 0 Å². The number of aryl methyl sites for hydroxylation is 2. The van der Waals surface area contributed by atoms with Crippen LogP contribution in [0, 0.1) is 13.8 Å². The van der Waals surface area contributed by atoms with Crippen LogP contribution in [0.1, 0.15) is 32.0 Å². The number of hydrazine groups is 1. The summed E-state index contributed by atoms with van der Waals surface area (Å²) in [5.41, 5.74) is 8.63. The Balaban J connectivity index is 1.74. The number of aromatic amines is 1. The first-order chi connectivity index (χ1) is 11.0. The maximum atomic E-state index is 12.2. The quantitative estimate of drug-likeness (QED) is 0.635. The van der Waals surface area contributed by atoms with Gasteiger partial charge in [0.2, 0.25) is 0 Å². The molecular formula is C17H16N4O2. The minimum Gasteiger partial charge on any atom is -0.350 e. The monoisotopic (exact) mass is 308 g/mol. The van der Waals surface area contributed by atoms with Crippen molar-refractivity contribution in [2.45, 2.75) is 13.8 Å². The van der Waals surface area contributed by atoms with Crippen molar-refractivity contribution >= 4 is 22.7 Å². The molecule has 2 amide bonds. The molecule has 3 aromatic rings. The van der Waals surface area contributed by atoms with E-state index in [9.17, 15) is 9.59 Å². The minimum atomic E-state index is -0.422. The largest absolute Gasteiger partial charge is 0.350 e. The molecule has 0 bridgehead atoms. The molecule has 0 aliphatic carbocycles. The highest BCUT2D eigenvalue weighted by molar-refractivity contribution is 6.01. The average molecular weight is 308 g/mol. The molecule has 0 aliphatic rings. The third kappa shape index (κ3) is 3.06. The lowest BCUT2D eigenvalue weighted by Gasteiger charge is -2.05. The number of carbonyl (C=O) groups excluding carboxylic acids is 2. The number of nitrogens with zero attached hydrogens (tertiary/aromatic N) is 1. The standard InChI is InChI=1S/C17H16N4O2/c1-10-6-11(2)13-8-15(19-14(13)7-10)17(23)21-20-16(22)12-4-3-5-18-9-12/h3-9,19H,1-2H3,(H,20,22)(H,21,23). The van der Waals surface area contributed by atoms with Crippen LogP contribution in [0.5, 0.6) is 0 Å². The van der Waals surface area contributed by atoms with Gasteiger partial charge in [0.1, 0.15) is 5.69 Å².